The molecule has 5 nitrogen and oxygen atoms in total. The van der Waals surface area contributed by atoms with Crippen molar-refractivity contribution in [3.05, 3.63) is 17.8 Å². The Labute approximate surface area is 102 Å². The van der Waals surface area contributed by atoms with Crippen LogP contribution in [0.2, 0.25) is 0 Å². The molecule has 1 atom stereocenters. The van der Waals surface area contributed by atoms with Crippen molar-refractivity contribution in [2.45, 2.75) is 31.7 Å². The molecule has 1 aliphatic rings. The average molecular weight is 258 g/mol. The first-order chi connectivity index (χ1) is 8.02. The van der Waals surface area contributed by atoms with Crippen molar-refractivity contribution in [1.29, 1.82) is 0 Å². The molecule has 1 fully saturated rings. The van der Waals surface area contributed by atoms with Gasteiger partial charge in [-0.15, -0.1) is 0 Å². The van der Waals surface area contributed by atoms with E-state index in [2.05, 4.69) is 10.3 Å². The number of nitrogens with one attached hydrogen (secondary N) is 1. The summed E-state index contributed by atoms with van der Waals surface area (Å²) >= 11 is 0. The minimum atomic E-state index is -2.82. The van der Waals surface area contributed by atoms with E-state index >= 15 is 0 Å². The third kappa shape index (κ3) is 2.87. The van der Waals surface area contributed by atoms with Crippen LogP contribution in [0.3, 0.4) is 0 Å². The van der Waals surface area contributed by atoms with E-state index in [9.17, 15) is 8.42 Å². The van der Waals surface area contributed by atoms with Crippen molar-refractivity contribution >= 4 is 9.84 Å². The van der Waals surface area contributed by atoms with Crippen molar-refractivity contribution in [2.75, 3.05) is 18.6 Å². The van der Waals surface area contributed by atoms with Crippen LogP contribution in [-0.4, -0.2) is 32.0 Å². The number of oxazole rings is 1. The number of hydrogen-bond acceptors (Lipinski definition) is 5. The predicted octanol–water partition coefficient (Wildman–Crippen LogP) is 1.25. The van der Waals surface area contributed by atoms with Gasteiger partial charge in [0.05, 0.1) is 23.7 Å². The fourth-order valence-electron chi connectivity index (χ4n) is 1.97. The van der Waals surface area contributed by atoms with Crippen LogP contribution < -0.4 is 5.32 Å². The molecule has 0 aliphatic carbocycles. The summed E-state index contributed by atoms with van der Waals surface area (Å²) in [6.45, 7) is 2.00. The van der Waals surface area contributed by atoms with Gasteiger partial charge < -0.3 is 9.73 Å². The molecular weight excluding hydrogens is 240 g/mol. The third-order valence-corrected chi connectivity index (χ3v) is 5.02. The lowest BCUT2D eigenvalue weighted by molar-refractivity contribution is 0.376. The first-order valence-electron chi connectivity index (χ1n) is 5.85. The SMILES string of the molecule is CNC(C)c1cnc(C2CCS(=O)(=O)CC2)o1. The highest BCUT2D eigenvalue weighted by Crippen LogP contribution is 2.29. The van der Waals surface area contributed by atoms with E-state index in [0.29, 0.717) is 18.7 Å². The molecule has 0 spiro atoms. The molecule has 1 aliphatic heterocycles. The van der Waals surface area contributed by atoms with Gasteiger partial charge in [0.2, 0.25) is 0 Å². The smallest absolute Gasteiger partial charge is 0.197 e. The fraction of sp³-hybridized carbons (Fsp3) is 0.727. The van der Waals surface area contributed by atoms with E-state index in [4.69, 9.17) is 4.42 Å². The Morgan fingerprint density at radius 2 is 2.12 bits per heavy atom. The monoisotopic (exact) mass is 258 g/mol. The zero-order valence-corrected chi connectivity index (χ0v) is 11.0. The first kappa shape index (κ1) is 12.6. The highest BCUT2D eigenvalue weighted by atomic mass is 32.2. The van der Waals surface area contributed by atoms with Gasteiger partial charge in [0.1, 0.15) is 15.6 Å². The Balaban J connectivity index is 2.06. The van der Waals surface area contributed by atoms with Gasteiger partial charge in [-0.25, -0.2) is 13.4 Å². The molecule has 2 heterocycles. The molecule has 6 heteroatoms. The number of rotatable bonds is 3. The van der Waals surface area contributed by atoms with Crippen molar-refractivity contribution < 1.29 is 12.8 Å². The van der Waals surface area contributed by atoms with Gasteiger partial charge >= 0.3 is 0 Å². The number of sulfone groups is 1. The zero-order valence-electron chi connectivity index (χ0n) is 10.1. The van der Waals surface area contributed by atoms with Crippen LogP contribution in [-0.2, 0) is 9.84 Å². The average Bonchev–Trinajstić information content (AvgIpc) is 2.77. The highest BCUT2D eigenvalue weighted by Gasteiger charge is 2.28. The summed E-state index contributed by atoms with van der Waals surface area (Å²) in [4.78, 5) is 4.26. The van der Waals surface area contributed by atoms with E-state index in [1.807, 2.05) is 14.0 Å². The lowest BCUT2D eigenvalue weighted by Gasteiger charge is -2.18. The van der Waals surface area contributed by atoms with Crippen LogP contribution in [0.5, 0.6) is 0 Å². The van der Waals surface area contributed by atoms with Crippen LogP contribution in [0.1, 0.15) is 43.4 Å². The lowest BCUT2D eigenvalue weighted by atomic mass is 10.0. The zero-order chi connectivity index (χ0) is 12.5. The molecule has 1 aromatic heterocycles. The molecule has 0 radical (unpaired) electrons. The molecule has 17 heavy (non-hydrogen) atoms. The third-order valence-electron chi connectivity index (χ3n) is 3.31. The highest BCUT2D eigenvalue weighted by molar-refractivity contribution is 7.91. The summed E-state index contributed by atoms with van der Waals surface area (Å²) in [6, 6.07) is 0.128. The van der Waals surface area contributed by atoms with Crippen LogP contribution in [0, 0.1) is 0 Å². The van der Waals surface area contributed by atoms with Gasteiger partial charge in [-0.3, -0.25) is 0 Å². The Hall–Kier alpha value is -0.880. The maximum atomic E-state index is 11.3. The van der Waals surface area contributed by atoms with Crippen molar-refractivity contribution in [3.63, 3.8) is 0 Å². The first-order valence-corrected chi connectivity index (χ1v) is 7.67. The van der Waals surface area contributed by atoms with E-state index in [1.54, 1.807) is 6.20 Å². The molecule has 1 N–H and O–H groups in total. The summed E-state index contributed by atoms with van der Waals surface area (Å²) in [5.41, 5.74) is 0. The molecule has 0 aromatic carbocycles. The van der Waals surface area contributed by atoms with Gasteiger partial charge in [-0.2, -0.15) is 0 Å². The second kappa shape index (κ2) is 4.78. The van der Waals surface area contributed by atoms with Crippen LogP contribution in [0.4, 0.5) is 0 Å². The maximum Gasteiger partial charge on any atom is 0.197 e. The Morgan fingerprint density at radius 3 is 2.71 bits per heavy atom. The Bertz CT molecular complexity index is 467. The minimum Gasteiger partial charge on any atom is -0.444 e. The normalized spacial score (nSPS) is 22.5. The molecule has 96 valence electrons. The van der Waals surface area contributed by atoms with Crippen molar-refractivity contribution in [3.8, 4) is 0 Å². The second-order valence-electron chi connectivity index (χ2n) is 4.54. The maximum absolute atomic E-state index is 11.3. The second-order valence-corrected chi connectivity index (χ2v) is 6.84. The van der Waals surface area contributed by atoms with Crippen LogP contribution in [0.15, 0.2) is 10.6 Å². The van der Waals surface area contributed by atoms with Crippen LogP contribution >= 0.6 is 0 Å². The molecule has 0 saturated carbocycles. The summed E-state index contributed by atoms with van der Waals surface area (Å²) in [5, 5.41) is 3.08. The summed E-state index contributed by atoms with van der Waals surface area (Å²) < 4.78 is 28.3. The molecule has 1 unspecified atom stereocenters. The number of hydrogen-bond donors (Lipinski definition) is 1. The van der Waals surface area contributed by atoms with Gasteiger partial charge in [0.15, 0.2) is 5.89 Å². The van der Waals surface area contributed by atoms with E-state index in [0.717, 1.165) is 5.76 Å². The Kier molecular flexibility index (Phi) is 3.53. The van der Waals surface area contributed by atoms with Gasteiger partial charge in [0.25, 0.3) is 0 Å². The summed E-state index contributed by atoms with van der Waals surface area (Å²) in [5.74, 6) is 2.12. The summed E-state index contributed by atoms with van der Waals surface area (Å²) in [6.07, 6.45) is 2.96. The topological polar surface area (TPSA) is 72.2 Å². The van der Waals surface area contributed by atoms with Crippen molar-refractivity contribution in [1.82, 2.24) is 10.3 Å². The van der Waals surface area contributed by atoms with Gasteiger partial charge in [-0.1, -0.05) is 0 Å². The largest absolute Gasteiger partial charge is 0.444 e. The Morgan fingerprint density at radius 1 is 1.47 bits per heavy atom. The van der Waals surface area contributed by atoms with Gasteiger partial charge in [0, 0.05) is 5.92 Å². The predicted molar refractivity (Wildman–Crippen MR) is 64.6 cm³/mol. The van der Waals surface area contributed by atoms with E-state index < -0.39 is 9.84 Å². The van der Waals surface area contributed by atoms with E-state index in [-0.39, 0.29) is 23.5 Å². The summed E-state index contributed by atoms with van der Waals surface area (Å²) in [7, 11) is -0.958. The molecule has 2 rings (SSSR count). The van der Waals surface area contributed by atoms with Crippen LogP contribution in [0.25, 0.3) is 0 Å². The molecule has 0 amide bonds. The molecule has 1 aromatic rings. The molecule has 1 saturated heterocycles. The number of nitrogens with zero attached hydrogens (tertiary/aromatic N) is 1. The van der Waals surface area contributed by atoms with E-state index in [1.165, 1.54) is 0 Å². The quantitative estimate of drug-likeness (QED) is 0.883. The molecular formula is C11H18N2O3S. The van der Waals surface area contributed by atoms with Gasteiger partial charge in [-0.05, 0) is 26.8 Å². The molecule has 0 bridgehead atoms. The number of aromatic nitrogens is 1. The lowest BCUT2D eigenvalue weighted by Crippen LogP contribution is -2.22. The fourth-order valence-corrected chi connectivity index (χ4v) is 3.46. The van der Waals surface area contributed by atoms with Crippen molar-refractivity contribution in [2.24, 2.45) is 0 Å². The standard InChI is InChI=1S/C11H18N2O3S/c1-8(12-2)10-7-13-11(16-10)9-3-5-17(14,15)6-4-9/h7-9,12H,3-6H2,1-2H3. The minimum absolute atomic E-state index is 0.128.